The van der Waals surface area contributed by atoms with Crippen molar-refractivity contribution >= 4 is 11.6 Å². The summed E-state index contributed by atoms with van der Waals surface area (Å²) in [6, 6.07) is 0. The summed E-state index contributed by atoms with van der Waals surface area (Å²) < 4.78 is 12.5. The van der Waals surface area contributed by atoms with E-state index < -0.39 is 34.6 Å². The van der Waals surface area contributed by atoms with Crippen LogP contribution in [0.5, 0.6) is 0 Å². The lowest BCUT2D eigenvalue weighted by atomic mass is 9.52. The largest absolute Gasteiger partial charge is 0.392 e. The van der Waals surface area contributed by atoms with Crippen molar-refractivity contribution in [1.29, 1.82) is 0 Å². The second-order valence-corrected chi connectivity index (χ2v) is 12.7. The maximum absolute atomic E-state index is 13.4. The minimum absolute atomic E-state index is 0.0989. The molecule has 0 aromatic rings. The van der Waals surface area contributed by atoms with E-state index in [0.717, 1.165) is 18.4 Å². The van der Waals surface area contributed by atoms with E-state index >= 15 is 0 Å². The van der Waals surface area contributed by atoms with Gasteiger partial charge in [-0.3, -0.25) is 9.59 Å². The van der Waals surface area contributed by atoms with Gasteiger partial charge in [0, 0.05) is 23.7 Å². The van der Waals surface area contributed by atoms with Crippen molar-refractivity contribution in [2.45, 2.75) is 148 Å². The zero-order valence-corrected chi connectivity index (χ0v) is 23.3. The molecule has 3 unspecified atom stereocenters. The Hall–Kier alpha value is -1.04. The number of aliphatic hydroxyl groups excluding tert-OH is 1. The van der Waals surface area contributed by atoms with Gasteiger partial charge < -0.3 is 14.6 Å². The predicted molar refractivity (Wildman–Crippen MR) is 142 cm³/mol. The molecule has 5 nitrogen and oxygen atoms in total. The van der Waals surface area contributed by atoms with Gasteiger partial charge in [-0.25, -0.2) is 0 Å². The lowest BCUT2D eigenvalue weighted by Gasteiger charge is -2.56. The van der Waals surface area contributed by atoms with E-state index in [-0.39, 0.29) is 17.7 Å². The number of unbranched alkanes of at least 4 members (excludes halogenated alkanes) is 12. The van der Waals surface area contributed by atoms with Gasteiger partial charge in [-0.2, -0.15) is 0 Å². The van der Waals surface area contributed by atoms with Gasteiger partial charge in [-0.1, -0.05) is 97.8 Å². The van der Waals surface area contributed by atoms with Crippen molar-refractivity contribution in [3.8, 4) is 0 Å². The van der Waals surface area contributed by atoms with Gasteiger partial charge in [0.05, 0.1) is 24.7 Å². The number of hydrogen-bond donors (Lipinski definition) is 1. The van der Waals surface area contributed by atoms with Gasteiger partial charge in [0.15, 0.2) is 5.78 Å². The predicted octanol–water partition coefficient (Wildman–Crippen LogP) is 6.50. The van der Waals surface area contributed by atoms with Crippen LogP contribution in [0.3, 0.4) is 0 Å². The minimum Gasteiger partial charge on any atom is -0.392 e. The summed E-state index contributed by atoms with van der Waals surface area (Å²) in [4.78, 5) is 26.1. The Labute approximate surface area is 218 Å². The van der Waals surface area contributed by atoms with Crippen molar-refractivity contribution in [3.63, 3.8) is 0 Å². The molecule has 2 bridgehead atoms. The number of ketones is 2. The third-order valence-corrected chi connectivity index (χ3v) is 10.4. The van der Waals surface area contributed by atoms with E-state index in [1.807, 2.05) is 26.8 Å². The number of rotatable bonds is 15. The van der Waals surface area contributed by atoms with Crippen LogP contribution in [0.15, 0.2) is 11.6 Å². The van der Waals surface area contributed by atoms with Crippen LogP contribution in [-0.2, 0) is 19.1 Å². The summed E-state index contributed by atoms with van der Waals surface area (Å²) in [6.07, 6.45) is 17.7. The highest BCUT2D eigenvalue weighted by molar-refractivity contribution is 5.96. The molecule has 5 heteroatoms. The summed E-state index contributed by atoms with van der Waals surface area (Å²) >= 11 is 0. The third-order valence-electron chi connectivity index (χ3n) is 10.4. The summed E-state index contributed by atoms with van der Waals surface area (Å²) in [5.74, 6) is -0.369. The van der Waals surface area contributed by atoms with Gasteiger partial charge in [0.1, 0.15) is 17.5 Å². The second-order valence-electron chi connectivity index (χ2n) is 12.7. The van der Waals surface area contributed by atoms with Crippen LogP contribution in [0.2, 0.25) is 0 Å². The van der Waals surface area contributed by atoms with Crippen molar-refractivity contribution in [3.05, 3.63) is 11.6 Å². The molecule has 1 N–H and O–H groups in total. The van der Waals surface area contributed by atoms with Crippen LogP contribution < -0.4 is 0 Å². The Morgan fingerprint density at radius 2 is 1.50 bits per heavy atom. The lowest BCUT2D eigenvalue weighted by molar-refractivity contribution is -0.205. The molecule has 7 atom stereocenters. The number of fused-ring (bicyclic) bond motifs is 2. The lowest BCUT2D eigenvalue weighted by Crippen LogP contribution is -2.64. The fourth-order valence-corrected chi connectivity index (χ4v) is 7.65. The van der Waals surface area contributed by atoms with Crippen molar-refractivity contribution in [2.75, 3.05) is 6.61 Å². The van der Waals surface area contributed by atoms with Crippen LogP contribution in [0.25, 0.3) is 0 Å². The molecule has 2 heterocycles. The van der Waals surface area contributed by atoms with Crippen LogP contribution >= 0.6 is 0 Å². The number of allylic oxidation sites excluding steroid dienone is 1. The molecule has 2 aliphatic heterocycles. The first-order chi connectivity index (χ1) is 17.2. The number of carbonyl (C=O) groups is 2. The monoisotopic (exact) mass is 502 g/mol. The number of hydrogen-bond acceptors (Lipinski definition) is 5. The number of epoxide rings is 1. The van der Waals surface area contributed by atoms with Crippen molar-refractivity contribution in [1.82, 2.24) is 0 Å². The van der Waals surface area contributed by atoms with E-state index in [9.17, 15) is 14.7 Å². The third kappa shape index (κ3) is 4.78. The van der Waals surface area contributed by atoms with Gasteiger partial charge >= 0.3 is 0 Å². The standard InChI is InChI=1S/C31H50O5/c1-5-6-7-8-9-10-11-12-13-14-15-16-17-18-23(32)26-27(34)30(4)29(3)20-24(33)22(2)19-25(29)36-28(26)31(30)21-35-31/h19,25-28,34H,5-18,20-21H2,1-4H3/t25-,26?,27-,28-,29+,30?,31?/m1/s1. The molecule has 1 spiro atoms. The average molecular weight is 503 g/mol. The summed E-state index contributed by atoms with van der Waals surface area (Å²) in [6.45, 7) is 8.67. The number of carbonyl (C=O) groups excluding carboxylic acids is 2. The zero-order valence-electron chi connectivity index (χ0n) is 23.3. The molecule has 2 aliphatic carbocycles. The second kappa shape index (κ2) is 11.4. The Bertz CT molecular complexity index is 829. The molecule has 36 heavy (non-hydrogen) atoms. The molecule has 0 aromatic heterocycles. The summed E-state index contributed by atoms with van der Waals surface area (Å²) in [7, 11) is 0. The zero-order chi connectivity index (χ0) is 26.0. The molecule has 0 amide bonds. The van der Waals surface area contributed by atoms with E-state index in [4.69, 9.17) is 9.47 Å². The molecular weight excluding hydrogens is 452 g/mol. The van der Waals surface area contributed by atoms with Crippen LogP contribution in [0.1, 0.15) is 124 Å². The van der Waals surface area contributed by atoms with Crippen LogP contribution in [0, 0.1) is 16.7 Å². The van der Waals surface area contributed by atoms with E-state index in [1.165, 1.54) is 70.6 Å². The molecule has 0 radical (unpaired) electrons. The summed E-state index contributed by atoms with van der Waals surface area (Å²) in [5.41, 5.74) is -1.19. The van der Waals surface area contributed by atoms with Gasteiger partial charge in [-0.15, -0.1) is 0 Å². The Balaban J connectivity index is 1.22. The van der Waals surface area contributed by atoms with Crippen molar-refractivity contribution < 1.29 is 24.2 Å². The van der Waals surface area contributed by atoms with Crippen LogP contribution in [-0.4, -0.2) is 47.2 Å². The van der Waals surface area contributed by atoms with Gasteiger partial charge in [-0.05, 0) is 25.0 Å². The summed E-state index contributed by atoms with van der Waals surface area (Å²) in [5, 5.41) is 11.6. The van der Waals surface area contributed by atoms with E-state index in [0.29, 0.717) is 19.4 Å². The van der Waals surface area contributed by atoms with Crippen molar-refractivity contribution in [2.24, 2.45) is 16.7 Å². The smallest absolute Gasteiger partial charge is 0.159 e. The Kier molecular flexibility index (Phi) is 8.84. The molecule has 3 fully saturated rings. The highest BCUT2D eigenvalue weighted by Gasteiger charge is 2.84. The number of aliphatic hydroxyl groups is 1. The topological polar surface area (TPSA) is 76.1 Å². The minimum atomic E-state index is -0.853. The highest BCUT2D eigenvalue weighted by atomic mass is 16.6. The molecule has 204 valence electrons. The molecule has 0 aromatic carbocycles. The first kappa shape index (κ1) is 28.0. The molecule has 4 aliphatic rings. The quantitative estimate of drug-likeness (QED) is 0.204. The average Bonchev–Trinajstić information content (AvgIpc) is 3.63. The SMILES string of the molecule is CCCCCCCCCCCCCCCC(=O)C1[C@H]2O[C@@H]3C=C(C)C(=O)C[C@]3(C)C(C)([C@@H]1O)C21CO1. The van der Waals surface area contributed by atoms with E-state index in [2.05, 4.69) is 6.92 Å². The maximum atomic E-state index is 13.4. The highest BCUT2D eigenvalue weighted by Crippen LogP contribution is 2.72. The Morgan fingerprint density at radius 3 is 2.03 bits per heavy atom. The first-order valence-corrected chi connectivity index (χ1v) is 14.9. The maximum Gasteiger partial charge on any atom is 0.159 e. The van der Waals surface area contributed by atoms with Gasteiger partial charge in [0.2, 0.25) is 0 Å². The fraction of sp³-hybridized carbons (Fsp3) is 0.871. The van der Waals surface area contributed by atoms with Gasteiger partial charge in [0.25, 0.3) is 0 Å². The number of ether oxygens (including phenoxy) is 2. The number of Topliss-reactive ketones (excluding diaryl/α,β-unsaturated/α-hetero) is 2. The molecular formula is C31H50O5. The molecule has 2 saturated heterocycles. The molecule has 1 saturated carbocycles. The Morgan fingerprint density at radius 1 is 0.972 bits per heavy atom. The van der Waals surface area contributed by atoms with E-state index in [1.54, 1.807) is 0 Å². The first-order valence-electron chi connectivity index (χ1n) is 14.9. The molecule has 4 rings (SSSR count). The normalized spacial score (nSPS) is 38.8. The van der Waals surface area contributed by atoms with Crippen LogP contribution in [0.4, 0.5) is 0 Å². The fourth-order valence-electron chi connectivity index (χ4n) is 7.65.